The van der Waals surface area contributed by atoms with E-state index >= 15 is 0 Å². The van der Waals surface area contributed by atoms with Crippen molar-refractivity contribution in [2.24, 2.45) is 0 Å². The molecule has 2 heterocycles. The molecule has 0 aliphatic carbocycles. The molecule has 1 amide bonds. The molecular weight excluding hydrogens is 236 g/mol. The van der Waals surface area contributed by atoms with Gasteiger partial charge in [-0.25, -0.2) is 4.79 Å². The predicted molar refractivity (Wildman–Crippen MR) is 59.4 cm³/mol. The molecule has 1 aliphatic rings. The summed E-state index contributed by atoms with van der Waals surface area (Å²) >= 11 is 2.62. The number of nitrogens with two attached hydrogens (primary N) is 1. The third kappa shape index (κ3) is 1.68. The van der Waals surface area contributed by atoms with Gasteiger partial charge in [-0.15, -0.1) is 23.1 Å². The number of methoxy groups -OCH3 is 1. The number of nitrogen functional groups attached to an aromatic ring is 1. The van der Waals surface area contributed by atoms with Crippen LogP contribution in [-0.4, -0.2) is 24.7 Å². The van der Waals surface area contributed by atoms with Gasteiger partial charge in [0, 0.05) is 0 Å². The molecule has 0 spiro atoms. The van der Waals surface area contributed by atoms with Crippen molar-refractivity contribution in [2.75, 3.05) is 23.9 Å². The maximum Gasteiger partial charge on any atom is 0.350 e. The first-order valence-electron chi connectivity index (χ1n) is 4.06. The fourth-order valence-corrected chi connectivity index (χ4v) is 3.32. The molecule has 1 aromatic heterocycles. The first-order valence-corrected chi connectivity index (χ1v) is 5.87. The number of carbonyl (C=O) groups is 2. The van der Waals surface area contributed by atoms with Crippen LogP contribution in [0.2, 0.25) is 0 Å². The summed E-state index contributed by atoms with van der Waals surface area (Å²) in [6, 6.07) is 0. The van der Waals surface area contributed by atoms with Crippen LogP contribution in [-0.2, 0) is 9.53 Å². The first kappa shape index (κ1) is 10.3. The molecule has 0 atom stereocenters. The molecule has 0 unspecified atom stereocenters. The van der Waals surface area contributed by atoms with Crippen molar-refractivity contribution in [3.05, 3.63) is 4.88 Å². The molecule has 0 saturated carbocycles. The number of thioether (sulfide) groups is 1. The van der Waals surface area contributed by atoms with Crippen LogP contribution >= 0.6 is 23.1 Å². The van der Waals surface area contributed by atoms with E-state index in [1.165, 1.54) is 30.2 Å². The van der Waals surface area contributed by atoms with Crippen LogP contribution in [0.25, 0.3) is 0 Å². The van der Waals surface area contributed by atoms with Gasteiger partial charge in [0.1, 0.15) is 4.88 Å². The lowest BCUT2D eigenvalue weighted by Crippen LogP contribution is -2.18. The molecule has 7 heteroatoms. The monoisotopic (exact) mass is 244 g/mol. The van der Waals surface area contributed by atoms with E-state index < -0.39 is 5.97 Å². The van der Waals surface area contributed by atoms with Crippen molar-refractivity contribution in [2.45, 2.75) is 4.21 Å². The minimum Gasteiger partial charge on any atom is -0.465 e. The first-order chi connectivity index (χ1) is 7.13. The average molecular weight is 244 g/mol. The van der Waals surface area contributed by atoms with E-state index in [-0.39, 0.29) is 5.91 Å². The molecule has 1 aromatic rings. The summed E-state index contributed by atoms with van der Waals surface area (Å²) in [6.07, 6.45) is 0. The molecule has 0 radical (unpaired) electrons. The Labute approximate surface area is 94.0 Å². The van der Waals surface area contributed by atoms with Crippen LogP contribution in [0.1, 0.15) is 9.67 Å². The van der Waals surface area contributed by atoms with Crippen LogP contribution < -0.4 is 11.1 Å². The highest BCUT2D eigenvalue weighted by Crippen LogP contribution is 2.44. The molecule has 15 heavy (non-hydrogen) atoms. The minimum atomic E-state index is -0.471. The van der Waals surface area contributed by atoms with Crippen LogP contribution in [0.3, 0.4) is 0 Å². The topological polar surface area (TPSA) is 81.4 Å². The van der Waals surface area contributed by atoms with Crippen LogP contribution in [0.5, 0.6) is 0 Å². The van der Waals surface area contributed by atoms with E-state index in [4.69, 9.17) is 5.73 Å². The van der Waals surface area contributed by atoms with Gasteiger partial charge in [0.15, 0.2) is 0 Å². The molecule has 5 nitrogen and oxygen atoms in total. The summed E-state index contributed by atoms with van der Waals surface area (Å²) in [6.45, 7) is 0. The molecule has 0 fully saturated rings. The molecule has 3 N–H and O–H groups in total. The molecule has 0 saturated heterocycles. The summed E-state index contributed by atoms with van der Waals surface area (Å²) < 4.78 is 5.45. The number of rotatable bonds is 1. The number of esters is 1. The summed E-state index contributed by atoms with van der Waals surface area (Å²) in [5.41, 5.74) is 6.58. The molecule has 1 aliphatic heterocycles. The van der Waals surface area contributed by atoms with Gasteiger partial charge in [-0.1, -0.05) is 0 Å². The van der Waals surface area contributed by atoms with Crippen LogP contribution in [0, 0.1) is 0 Å². The van der Waals surface area contributed by atoms with Gasteiger partial charge in [0.2, 0.25) is 5.91 Å². The number of thiophene rings is 1. The SMILES string of the molecule is COC(=O)c1sc2c(c1N)NC(=O)CS2. The van der Waals surface area contributed by atoms with E-state index in [1.807, 2.05) is 0 Å². The highest BCUT2D eigenvalue weighted by atomic mass is 32.2. The van der Waals surface area contributed by atoms with E-state index in [1.54, 1.807) is 0 Å². The number of hydrogen-bond donors (Lipinski definition) is 2. The maximum atomic E-state index is 11.3. The number of fused-ring (bicyclic) bond motifs is 1. The summed E-state index contributed by atoms with van der Waals surface area (Å²) in [5, 5.41) is 2.65. The third-order valence-corrected chi connectivity index (χ3v) is 4.34. The van der Waals surface area contributed by atoms with E-state index in [0.29, 0.717) is 22.0 Å². The Morgan fingerprint density at radius 1 is 1.60 bits per heavy atom. The molecule has 2 rings (SSSR count). The van der Waals surface area contributed by atoms with Gasteiger partial charge in [-0.2, -0.15) is 0 Å². The average Bonchev–Trinajstić information content (AvgIpc) is 2.55. The standard InChI is InChI=1S/C8H8N2O3S2/c1-13-7(12)6-4(9)5-8(15-6)14-2-3(11)10-5/h2,9H2,1H3,(H,10,11). The Kier molecular flexibility index (Phi) is 2.57. The van der Waals surface area contributed by atoms with Gasteiger partial charge < -0.3 is 15.8 Å². The van der Waals surface area contributed by atoms with Crippen molar-refractivity contribution in [3.8, 4) is 0 Å². The smallest absolute Gasteiger partial charge is 0.350 e. The van der Waals surface area contributed by atoms with Crippen molar-refractivity contribution >= 4 is 46.3 Å². The maximum absolute atomic E-state index is 11.3. The fraction of sp³-hybridized carbons (Fsp3) is 0.250. The summed E-state index contributed by atoms with van der Waals surface area (Å²) in [7, 11) is 1.30. The molecular formula is C8H8N2O3S2. The molecule has 80 valence electrons. The quantitative estimate of drug-likeness (QED) is 0.724. The lowest BCUT2D eigenvalue weighted by Gasteiger charge is -2.11. The Morgan fingerprint density at radius 2 is 2.33 bits per heavy atom. The van der Waals surface area contributed by atoms with Gasteiger partial charge in [-0.3, -0.25) is 4.79 Å². The third-order valence-electron chi connectivity index (χ3n) is 1.88. The molecule has 0 aromatic carbocycles. The largest absolute Gasteiger partial charge is 0.465 e. The number of amides is 1. The number of ether oxygens (including phenoxy) is 1. The summed E-state index contributed by atoms with van der Waals surface area (Å²) in [4.78, 5) is 22.8. The minimum absolute atomic E-state index is 0.103. The zero-order chi connectivity index (χ0) is 11.0. The predicted octanol–water partition coefficient (Wildman–Crippen LogP) is 1.16. The van der Waals surface area contributed by atoms with E-state index in [9.17, 15) is 9.59 Å². The summed E-state index contributed by atoms with van der Waals surface area (Å²) in [5.74, 6) is -0.219. The number of carbonyl (C=O) groups excluding carboxylic acids is 2. The highest BCUT2D eigenvalue weighted by Gasteiger charge is 2.26. The van der Waals surface area contributed by atoms with Crippen molar-refractivity contribution in [1.29, 1.82) is 0 Å². The van der Waals surface area contributed by atoms with Crippen LogP contribution in [0.4, 0.5) is 11.4 Å². The van der Waals surface area contributed by atoms with Gasteiger partial charge in [0.05, 0.1) is 28.4 Å². The van der Waals surface area contributed by atoms with Crippen molar-refractivity contribution < 1.29 is 14.3 Å². The fourth-order valence-electron chi connectivity index (χ4n) is 1.19. The number of nitrogens with one attached hydrogen (secondary N) is 1. The Morgan fingerprint density at radius 3 is 3.00 bits per heavy atom. The van der Waals surface area contributed by atoms with Crippen LogP contribution in [0.15, 0.2) is 4.21 Å². The highest BCUT2D eigenvalue weighted by molar-refractivity contribution is 8.02. The Hall–Kier alpha value is -1.21. The molecule has 0 bridgehead atoms. The normalized spacial score (nSPS) is 14.3. The lowest BCUT2D eigenvalue weighted by atomic mass is 10.3. The van der Waals surface area contributed by atoms with Gasteiger partial charge in [0.25, 0.3) is 0 Å². The number of hydrogen-bond acceptors (Lipinski definition) is 6. The van der Waals surface area contributed by atoms with Gasteiger partial charge >= 0.3 is 5.97 Å². The zero-order valence-corrected chi connectivity index (χ0v) is 9.46. The van der Waals surface area contributed by atoms with Gasteiger partial charge in [-0.05, 0) is 0 Å². The Balaban J connectivity index is 2.45. The second-order valence-corrected chi connectivity index (χ2v) is 5.10. The van der Waals surface area contributed by atoms with Crippen molar-refractivity contribution in [1.82, 2.24) is 0 Å². The Bertz CT molecular complexity index is 441. The second kappa shape index (κ2) is 3.74. The van der Waals surface area contributed by atoms with E-state index in [2.05, 4.69) is 10.1 Å². The van der Waals surface area contributed by atoms with Crippen molar-refractivity contribution in [3.63, 3.8) is 0 Å². The lowest BCUT2D eigenvalue weighted by molar-refractivity contribution is -0.113. The second-order valence-electron chi connectivity index (χ2n) is 2.84. The van der Waals surface area contributed by atoms with E-state index in [0.717, 1.165) is 4.21 Å². The zero-order valence-electron chi connectivity index (χ0n) is 7.83. The number of anilines is 2.